The number of rotatable bonds is 10. The minimum atomic E-state index is -3.74. The van der Waals surface area contributed by atoms with E-state index in [1.807, 2.05) is 63.2 Å². The maximum atomic E-state index is 13.5. The van der Waals surface area contributed by atoms with Crippen LogP contribution in [0.25, 0.3) is 0 Å². The van der Waals surface area contributed by atoms with Crippen LogP contribution < -0.4 is 9.62 Å². The highest BCUT2D eigenvalue weighted by Gasteiger charge is 2.30. The largest absolute Gasteiger partial charge is 0.354 e. The molecule has 0 saturated heterocycles. The van der Waals surface area contributed by atoms with E-state index in [4.69, 9.17) is 0 Å². The van der Waals surface area contributed by atoms with Crippen LogP contribution in [0.2, 0.25) is 0 Å². The van der Waals surface area contributed by atoms with Crippen molar-refractivity contribution in [2.24, 2.45) is 5.92 Å². The van der Waals surface area contributed by atoms with Gasteiger partial charge in [0.15, 0.2) is 0 Å². The summed E-state index contributed by atoms with van der Waals surface area (Å²) in [6.07, 6.45) is 1.09. The molecular weight excluding hydrogens is 438 g/mol. The first-order valence-corrected chi connectivity index (χ1v) is 12.9. The van der Waals surface area contributed by atoms with Gasteiger partial charge in [-0.3, -0.25) is 13.9 Å². The molecule has 0 aromatic heterocycles. The number of hydrogen-bond acceptors (Lipinski definition) is 4. The van der Waals surface area contributed by atoms with Gasteiger partial charge in [-0.2, -0.15) is 0 Å². The maximum Gasteiger partial charge on any atom is 0.244 e. The lowest BCUT2D eigenvalue weighted by molar-refractivity contribution is -0.139. The molecule has 2 aromatic carbocycles. The third-order valence-corrected chi connectivity index (χ3v) is 6.49. The summed E-state index contributed by atoms with van der Waals surface area (Å²) in [7, 11) is -3.74. The topological polar surface area (TPSA) is 86.8 Å². The van der Waals surface area contributed by atoms with Crippen molar-refractivity contribution in [1.82, 2.24) is 10.2 Å². The number of nitrogens with one attached hydrogen (secondary N) is 1. The van der Waals surface area contributed by atoms with Crippen molar-refractivity contribution in [2.45, 2.75) is 47.2 Å². The summed E-state index contributed by atoms with van der Waals surface area (Å²) in [6.45, 7) is 9.62. The molecule has 0 radical (unpaired) electrons. The van der Waals surface area contributed by atoms with E-state index in [2.05, 4.69) is 5.32 Å². The minimum absolute atomic E-state index is 0.195. The third kappa shape index (κ3) is 7.60. The van der Waals surface area contributed by atoms with Crippen LogP contribution in [0.4, 0.5) is 5.69 Å². The van der Waals surface area contributed by atoms with Crippen LogP contribution in [0.1, 0.15) is 37.5 Å². The monoisotopic (exact) mass is 473 g/mol. The first kappa shape index (κ1) is 26.4. The number of nitrogens with zero attached hydrogens (tertiary/aromatic N) is 2. The Bertz CT molecular complexity index is 1070. The zero-order chi connectivity index (χ0) is 24.8. The minimum Gasteiger partial charge on any atom is -0.354 e. The molecule has 0 aliphatic heterocycles. The molecule has 33 heavy (non-hydrogen) atoms. The van der Waals surface area contributed by atoms with Crippen LogP contribution in [-0.2, 0) is 26.2 Å². The van der Waals surface area contributed by atoms with Crippen molar-refractivity contribution in [3.05, 3.63) is 65.2 Å². The Labute approximate surface area is 197 Å². The number of benzene rings is 2. The number of sulfonamides is 1. The van der Waals surface area contributed by atoms with Crippen LogP contribution in [0.3, 0.4) is 0 Å². The van der Waals surface area contributed by atoms with Gasteiger partial charge in [0.2, 0.25) is 21.8 Å². The molecule has 8 heteroatoms. The van der Waals surface area contributed by atoms with E-state index in [0.717, 1.165) is 27.3 Å². The van der Waals surface area contributed by atoms with Crippen molar-refractivity contribution < 1.29 is 18.0 Å². The Morgan fingerprint density at radius 3 is 2.21 bits per heavy atom. The lowest BCUT2D eigenvalue weighted by atomic mass is 10.1. The average molecular weight is 474 g/mol. The second-order valence-corrected chi connectivity index (χ2v) is 10.8. The Balaban J connectivity index is 2.38. The first-order chi connectivity index (χ1) is 15.4. The highest BCUT2D eigenvalue weighted by Crippen LogP contribution is 2.24. The molecule has 0 aliphatic rings. The molecule has 0 bridgehead atoms. The van der Waals surface area contributed by atoms with E-state index >= 15 is 0 Å². The van der Waals surface area contributed by atoms with Gasteiger partial charge in [-0.05, 0) is 49.4 Å². The Morgan fingerprint density at radius 2 is 1.64 bits per heavy atom. The summed E-state index contributed by atoms with van der Waals surface area (Å²) in [5.74, 6) is -0.451. The SMILES string of the molecule is Cc1ccc(C)c(N(CC(=O)N(Cc2ccccc2)[C@H](C)C(=O)NCC(C)C)S(C)(=O)=O)c1. The van der Waals surface area contributed by atoms with Gasteiger partial charge in [0.05, 0.1) is 11.9 Å². The average Bonchev–Trinajstić information content (AvgIpc) is 2.75. The molecule has 0 spiro atoms. The number of amides is 2. The number of anilines is 1. The molecule has 2 aromatic rings. The fourth-order valence-electron chi connectivity index (χ4n) is 3.40. The van der Waals surface area contributed by atoms with Crippen molar-refractivity contribution >= 4 is 27.5 Å². The van der Waals surface area contributed by atoms with Gasteiger partial charge >= 0.3 is 0 Å². The van der Waals surface area contributed by atoms with E-state index in [1.165, 1.54) is 4.90 Å². The first-order valence-electron chi connectivity index (χ1n) is 11.1. The predicted octanol–water partition coefficient (Wildman–Crippen LogP) is 3.26. The lowest BCUT2D eigenvalue weighted by Gasteiger charge is -2.32. The second-order valence-electron chi connectivity index (χ2n) is 8.88. The Morgan fingerprint density at radius 1 is 1.00 bits per heavy atom. The van der Waals surface area contributed by atoms with E-state index in [-0.39, 0.29) is 18.4 Å². The maximum absolute atomic E-state index is 13.5. The highest BCUT2D eigenvalue weighted by atomic mass is 32.2. The quantitative estimate of drug-likeness (QED) is 0.574. The van der Waals surface area contributed by atoms with Crippen LogP contribution in [0, 0.1) is 19.8 Å². The molecule has 2 amide bonds. The van der Waals surface area contributed by atoms with Crippen LogP contribution >= 0.6 is 0 Å². The summed E-state index contributed by atoms with van der Waals surface area (Å²) >= 11 is 0. The summed E-state index contributed by atoms with van der Waals surface area (Å²) in [4.78, 5) is 27.7. The van der Waals surface area contributed by atoms with Crippen LogP contribution in [-0.4, -0.2) is 50.5 Å². The molecule has 180 valence electrons. The molecular formula is C25H35N3O4S. The van der Waals surface area contributed by atoms with E-state index in [9.17, 15) is 18.0 Å². The van der Waals surface area contributed by atoms with E-state index < -0.39 is 28.5 Å². The Kier molecular flexibility index (Phi) is 9.05. The van der Waals surface area contributed by atoms with E-state index in [1.54, 1.807) is 19.9 Å². The summed E-state index contributed by atoms with van der Waals surface area (Å²) < 4.78 is 26.5. The smallest absolute Gasteiger partial charge is 0.244 e. The lowest BCUT2D eigenvalue weighted by Crippen LogP contribution is -2.51. The molecule has 1 atom stereocenters. The van der Waals surface area contributed by atoms with Crippen molar-refractivity contribution in [1.29, 1.82) is 0 Å². The van der Waals surface area contributed by atoms with E-state index in [0.29, 0.717) is 12.2 Å². The number of aryl methyl sites for hydroxylation is 2. The molecule has 2 rings (SSSR count). The number of hydrogen-bond donors (Lipinski definition) is 1. The molecule has 0 aliphatic carbocycles. The Hall–Kier alpha value is -2.87. The van der Waals surface area contributed by atoms with Gasteiger partial charge in [-0.15, -0.1) is 0 Å². The van der Waals surface area contributed by atoms with Crippen molar-refractivity contribution in [3.63, 3.8) is 0 Å². The van der Waals surface area contributed by atoms with Crippen molar-refractivity contribution in [2.75, 3.05) is 23.7 Å². The summed E-state index contributed by atoms with van der Waals surface area (Å²) in [6, 6.07) is 14.1. The van der Waals surface area contributed by atoms with Gasteiger partial charge in [-0.1, -0.05) is 56.3 Å². The second kappa shape index (κ2) is 11.3. The van der Waals surface area contributed by atoms with Gasteiger partial charge in [0.1, 0.15) is 12.6 Å². The molecule has 0 unspecified atom stereocenters. The summed E-state index contributed by atoms with van der Waals surface area (Å²) in [5.41, 5.74) is 2.95. The third-order valence-electron chi connectivity index (χ3n) is 5.36. The number of carbonyl (C=O) groups is 2. The van der Waals surface area contributed by atoms with Crippen LogP contribution in [0.15, 0.2) is 48.5 Å². The normalized spacial score (nSPS) is 12.3. The number of carbonyl (C=O) groups excluding carboxylic acids is 2. The summed E-state index contributed by atoms with van der Waals surface area (Å²) in [5, 5.41) is 2.87. The zero-order valence-corrected chi connectivity index (χ0v) is 21.1. The van der Waals surface area contributed by atoms with Crippen LogP contribution in [0.5, 0.6) is 0 Å². The molecule has 1 N–H and O–H groups in total. The van der Waals surface area contributed by atoms with Crippen molar-refractivity contribution in [3.8, 4) is 0 Å². The molecule has 7 nitrogen and oxygen atoms in total. The van der Waals surface area contributed by atoms with Gasteiger partial charge < -0.3 is 10.2 Å². The molecule has 0 fully saturated rings. The fraction of sp³-hybridized carbons (Fsp3) is 0.440. The highest BCUT2D eigenvalue weighted by molar-refractivity contribution is 7.92. The fourth-order valence-corrected chi connectivity index (χ4v) is 4.30. The standard InChI is InChI=1S/C25H35N3O4S/c1-18(2)15-26-25(30)21(5)27(16-22-10-8-7-9-11-22)24(29)17-28(33(6,31)32)23-14-19(3)12-13-20(23)4/h7-14,18,21H,15-17H2,1-6H3,(H,26,30)/t21-/m1/s1. The molecule has 0 saturated carbocycles. The van der Waals surface area contributed by atoms with Gasteiger partial charge in [0, 0.05) is 13.1 Å². The van der Waals surface area contributed by atoms with Gasteiger partial charge in [0.25, 0.3) is 0 Å². The zero-order valence-electron chi connectivity index (χ0n) is 20.3. The molecule has 0 heterocycles. The van der Waals surface area contributed by atoms with Gasteiger partial charge in [-0.25, -0.2) is 8.42 Å². The predicted molar refractivity (Wildman–Crippen MR) is 132 cm³/mol.